The smallest absolute Gasteiger partial charge is 0.123 e. The number of hydrogen-bond acceptors (Lipinski definition) is 3. The average Bonchev–Trinajstić information content (AvgIpc) is 2.78. The molecule has 4 heteroatoms. The van der Waals surface area contributed by atoms with Gasteiger partial charge in [-0.1, -0.05) is 35.9 Å². The second kappa shape index (κ2) is 9.11. The van der Waals surface area contributed by atoms with E-state index in [9.17, 15) is 10.2 Å². The molecule has 2 aromatic carbocycles. The Morgan fingerprint density at radius 2 is 1.69 bits per heavy atom. The van der Waals surface area contributed by atoms with Gasteiger partial charge in [0.15, 0.2) is 0 Å². The fourth-order valence-corrected chi connectivity index (χ4v) is 3.82. The third-order valence-corrected chi connectivity index (χ3v) is 5.01. The van der Waals surface area contributed by atoms with E-state index in [1.807, 2.05) is 30.3 Å². The molecule has 1 unspecified atom stereocenters. The summed E-state index contributed by atoms with van der Waals surface area (Å²) in [4.78, 5) is 2.20. The van der Waals surface area contributed by atoms with Gasteiger partial charge in [-0.05, 0) is 75.0 Å². The molecule has 0 aliphatic heterocycles. The molecular formula is C22H28ClNO2. The molecule has 0 heterocycles. The van der Waals surface area contributed by atoms with Crippen molar-refractivity contribution in [3.63, 3.8) is 0 Å². The first-order valence-corrected chi connectivity index (χ1v) is 8.97. The first kappa shape index (κ1) is 20.3. The van der Waals surface area contributed by atoms with E-state index in [1.165, 1.54) is 16.7 Å². The zero-order valence-electron chi connectivity index (χ0n) is 15.5. The largest absolute Gasteiger partial charge is 0.508 e. The predicted octanol–water partition coefficient (Wildman–Crippen LogP) is 5.19. The summed E-state index contributed by atoms with van der Waals surface area (Å²) in [6.07, 6.45) is 4.26. The lowest BCUT2D eigenvalue weighted by atomic mass is 9.86. The quantitative estimate of drug-likeness (QED) is 0.774. The van der Waals surface area contributed by atoms with Crippen LogP contribution in [0.1, 0.15) is 42.7 Å². The summed E-state index contributed by atoms with van der Waals surface area (Å²) in [5.74, 6) is 1.08. The molecule has 0 aromatic heterocycles. The Hall–Kier alpha value is -1.97. The van der Waals surface area contributed by atoms with Crippen molar-refractivity contribution in [2.45, 2.75) is 31.6 Å². The Morgan fingerprint density at radius 3 is 2.35 bits per heavy atom. The van der Waals surface area contributed by atoms with Gasteiger partial charge in [0.2, 0.25) is 0 Å². The lowest BCUT2D eigenvalue weighted by Gasteiger charge is -2.20. The van der Waals surface area contributed by atoms with Crippen LogP contribution in [-0.2, 0) is 0 Å². The Labute approximate surface area is 162 Å². The molecule has 0 radical (unpaired) electrons. The van der Waals surface area contributed by atoms with Crippen molar-refractivity contribution >= 4 is 18.0 Å². The zero-order chi connectivity index (χ0) is 17.8. The Bertz CT molecular complexity index is 753. The summed E-state index contributed by atoms with van der Waals surface area (Å²) in [6.45, 7) is 0.923. The van der Waals surface area contributed by atoms with Gasteiger partial charge in [0.05, 0.1) is 0 Å². The van der Waals surface area contributed by atoms with Gasteiger partial charge in [-0.3, -0.25) is 0 Å². The molecule has 140 valence electrons. The lowest BCUT2D eigenvalue weighted by Crippen LogP contribution is -2.16. The van der Waals surface area contributed by atoms with Crippen molar-refractivity contribution in [3.05, 3.63) is 65.2 Å². The SMILES string of the molecule is CN(C)CC1=C(c2ccccc2O)CC(c2ccc(O)cc2)CCC1.Cl. The van der Waals surface area contributed by atoms with E-state index in [2.05, 4.69) is 19.0 Å². The van der Waals surface area contributed by atoms with Crippen LogP contribution in [0.15, 0.2) is 54.1 Å². The number of phenolic OH excluding ortho intramolecular Hbond substituents is 2. The van der Waals surface area contributed by atoms with Gasteiger partial charge in [-0.15, -0.1) is 12.4 Å². The predicted molar refractivity (Wildman–Crippen MR) is 110 cm³/mol. The van der Waals surface area contributed by atoms with Gasteiger partial charge >= 0.3 is 0 Å². The van der Waals surface area contributed by atoms with Crippen molar-refractivity contribution in [3.8, 4) is 11.5 Å². The highest BCUT2D eigenvalue weighted by Crippen LogP contribution is 2.41. The first-order chi connectivity index (χ1) is 12.0. The highest BCUT2D eigenvalue weighted by Gasteiger charge is 2.23. The minimum Gasteiger partial charge on any atom is -0.508 e. The highest BCUT2D eigenvalue weighted by molar-refractivity contribution is 5.85. The summed E-state index contributed by atoms with van der Waals surface area (Å²) in [5.41, 5.74) is 4.93. The van der Waals surface area contributed by atoms with Gasteiger partial charge in [0.1, 0.15) is 11.5 Å². The number of halogens is 1. The van der Waals surface area contributed by atoms with Crippen LogP contribution < -0.4 is 0 Å². The number of para-hydroxylation sites is 1. The van der Waals surface area contributed by atoms with Crippen molar-refractivity contribution in [2.24, 2.45) is 0 Å². The molecule has 0 fully saturated rings. The van der Waals surface area contributed by atoms with E-state index in [1.54, 1.807) is 18.2 Å². The van der Waals surface area contributed by atoms with Crippen LogP contribution in [0.2, 0.25) is 0 Å². The van der Waals surface area contributed by atoms with Crippen molar-refractivity contribution in [2.75, 3.05) is 20.6 Å². The Morgan fingerprint density at radius 1 is 1.00 bits per heavy atom. The molecule has 0 saturated carbocycles. The number of rotatable bonds is 4. The van der Waals surface area contributed by atoms with E-state index >= 15 is 0 Å². The maximum absolute atomic E-state index is 10.4. The topological polar surface area (TPSA) is 43.7 Å². The molecular weight excluding hydrogens is 346 g/mol. The highest BCUT2D eigenvalue weighted by atomic mass is 35.5. The van der Waals surface area contributed by atoms with Crippen LogP contribution in [0, 0.1) is 0 Å². The molecule has 26 heavy (non-hydrogen) atoms. The minimum atomic E-state index is 0. The zero-order valence-corrected chi connectivity index (χ0v) is 16.3. The first-order valence-electron chi connectivity index (χ1n) is 8.97. The number of benzene rings is 2. The maximum Gasteiger partial charge on any atom is 0.123 e. The van der Waals surface area contributed by atoms with E-state index in [0.29, 0.717) is 17.4 Å². The molecule has 0 spiro atoms. The summed E-state index contributed by atoms with van der Waals surface area (Å²) < 4.78 is 0. The summed E-state index contributed by atoms with van der Waals surface area (Å²) in [7, 11) is 4.19. The van der Waals surface area contributed by atoms with Crippen LogP contribution in [-0.4, -0.2) is 35.8 Å². The molecule has 2 N–H and O–H groups in total. The van der Waals surface area contributed by atoms with Crippen LogP contribution in [0.3, 0.4) is 0 Å². The molecule has 1 aliphatic rings. The van der Waals surface area contributed by atoms with Crippen LogP contribution in [0.4, 0.5) is 0 Å². The molecule has 0 saturated heterocycles. The van der Waals surface area contributed by atoms with Crippen LogP contribution >= 0.6 is 12.4 Å². The molecule has 1 atom stereocenters. The van der Waals surface area contributed by atoms with E-state index in [-0.39, 0.29) is 12.4 Å². The molecule has 0 amide bonds. The second-order valence-corrected chi connectivity index (χ2v) is 7.22. The number of phenols is 2. The van der Waals surface area contributed by atoms with Crippen molar-refractivity contribution in [1.82, 2.24) is 4.90 Å². The molecule has 0 bridgehead atoms. The fraction of sp³-hybridized carbons (Fsp3) is 0.364. The Balaban J connectivity index is 0.00000243. The number of nitrogens with zero attached hydrogens (tertiary/aromatic N) is 1. The van der Waals surface area contributed by atoms with Gasteiger partial charge in [-0.2, -0.15) is 0 Å². The van der Waals surface area contributed by atoms with Crippen molar-refractivity contribution < 1.29 is 10.2 Å². The normalized spacial score (nSPS) is 17.7. The molecule has 1 aliphatic carbocycles. The van der Waals surface area contributed by atoms with Crippen molar-refractivity contribution in [1.29, 1.82) is 0 Å². The number of allylic oxidation sites excluding steroid dienone is 1. The summed E-state index contributed by atoms with van der Waals surface area (Å²) in [6, 6.07) is 15.3. The summed E-state index contributed by atoms with van der Waals surface area (Å²) in [5, 5.41) is 20.0. The van der Waals surface area contributed by atoms with Gasteiger partial charge in [-0.25, -0.2) is 0 Å². The maximum atomic E-state index is 10.4. The fourth-order valence-electron chi connectivity index (χ4n) is 3.82. The Kier molecular flexibility index (Phi) is 7.13. The van der Waals surface area contributed by atoms with E-state index in [0.717, 1.165) is 37.8 Å². The van der Waals surface area contributed by atoms with Crippen LogP contribution in [0.5, 0.6) is 11.5 Å². The van der Waals surface area contributed by atoms with Gasteiger partial charge < -0.3 is 15.1 Å². The molecule has 3 rings (SSSR count). The molecule has 2 aromatic rings. The third-order valence-electron chi connectivity index (χ3n) is 5.01. The number of hydrogen-bond donors (Lipinski definition) is 2. The minimum absolute atomic E-state index is 0. The van der Waals surface area contributed by atoms with E-state index < -0.39 is 0 Å². The van der Waals surface area contributed by atoms with E-state index in [4.69, 9.17) is 0 Å². The molecule has 3 nitrogen and oxygen atoms in total. The average molecular weight is 374 g/mol. The monoisotopic (exact) mass is 373 g/mol. The van der Waals surface area contributed by atoms with Crippen LogP contribution in [0.25, 0.3) is 5.57 Å². The number of likely N-dealkylation sites (N-methyl/N-ethyl adjacent to an activating group) is 1. The lowest BCUT2D eigenvalue weighted by molar-refractivity contribution is 0.438. The second-order valence-electron chi connectivity index (χ2n) is 7.22. The third kappa shape index (κ3) is 4.80. The number of aromatic hydroxyl groups is 2. The van der Waals surface area contributed by atoms with Gasteiger partial charge in [0, 0.05) is 12.1 Å². The summed E-state index contributed by atoms with van der Waals surface area (Å²) >= 11 is 0. The standard InChI is InChI=1S/C22H27NO2.ClH/c1-23(2)15-18-7-5-6-17(16-10-12-19(24)13-11-16)14-21(18)20-8-3-4-9-22(20)25;/h3-4,8-13,17,24-25H,5-7,14-15H2,1-2H3;1H. The van der Waals surface area contributed by atoms with Gasteiger partial charge in [0.25, 0.3) is 0 Å².